The fourth-order valence-electron chi connectivity index (χ4n) is 2.14. The Hall–Kier alpha value is -1.04. The molecule has 0 fully saturated rings. The summed E-state index contributed by atoms with van der Waals surface area (Å²) in [5, 5.41) is 4.87. The minimum atomic E-state index is -3.84. The lowest BCUT2D eigenvalue weighted by molar-refractivity contribution is 0.607. The van der Waals surface area contributed by atoms with Gasteiger partial charge in [-0.15, -0.1) is 0 Å². The summed E-state index contributed by atoms with van der Waals surface area (Å²) < 4.78 is 25.2. The quantitative estimate of drug-likeness (QED) is 0.804. The van der Waals surface area contributed by atoms with Crippen molar-refractivity contribution >= 4 is 31.3 Å². The van der Waals surface area contributed by atoms with E-state index in [0.29, 0.717) is 34.9 Å². The number of benzene rings is 1. The molecule has 0 aliphatic carbocycles. The van der Waals surface area contributed by atoms with Crippen LogP contribution in [0.4, 0.5) is 0 Å². The zero-order chi connectivity index (χ0) is 14.9. The summed E-state index contributed by atoms with van der Waals surface area (Å²) in [6, 6.07) is 7.15. The minimum Gasteiger partial charge on any atom is -0.235 e. The van der Waals surface area contributed by atoms with Crippen molar-refractivity contribution in [2.45, 2.75) is 31.6 Å². The van der Waals surface area contributed by atoms with E-state index in [0.717, 1.165) is 0 Å². The van der Waals surface area contributed by atoms with E-state index in [1.165, 1.54) is 0 Å². The standard InChI is InChI=1S/C13H14Cl2N2O2S/c1-3-10-13(20(15,18)19)11(4-2)17(16-10)12-8-6-5-7-9(12)14/h5-8H,3-4H2,1-2H3. The van der Waals surface area contributed by atoms with Crippen molar-refractivity contribution in [1.29, 1.82) is 0 Å². The van der Waals surface area contributed by atoms with E-state index >= 15 is 0 Å². The zero-order valence-corrected chi connectivity index (χ0v) is 13.4. The maximum absolute atomic E-state index is 11.8. The fraction of sp³-hybridized carbons (Fsp3) is 0.308. The number of aryl methyl sites for hydroxylation is 1. The first-order chi connectivity index (χ1) is 9.40. The summed E-state index contributed by atoms with van der Waals surface area (Å²) >= 11 is 6.16. The molecule has 1 heterocycles. The Morgan fingerprint density at radius 3 is 2.35 bits per heavy atom. The number of aromatic nitrogens is 2. The van der Waals surface area contributed by atoms with Crippen LogP contribution in [-0.2, 0) is 21.9 Å². The summed E-state index contributed by atoms with van der Waals surface area (Å²) in [6.45, 7) is 3.69. The highest BCUT2D eigenvalue weighted by molar-refractivity contribution is 8.13. The number of rotatable bonds is 4. The van der Waals surface area contributed by atoms with Gasteiger partial charge in [0.05, 0.1) is 22.1 Å². The van der Waals surface area contributed by atoms with Gasteiger partial charge in [-0.1, -0.05) is 37.6 Å². The molecule has 0 amide bonds. The number of para-hydroxylation sites is 1. The van der Waals surface area contributed by atoms with E-state index in [4.69, 9.17) is 22.3 Å². The first-order valence-corrected chi connectivity index (χ1v) is 8.89. The summed E-state index contributed by atoms with van der Waals surface area (Å²) in [7, 11) is 1.71. The Labute approximate surface area is 127 Å². The van der Waals surface area contributed by atoms with E-state index in [2.05, 4.69) is 5.10 Å². The number of hydrogen-bond acceptors (Lipinski definition) is 3. The average molecular weight is 333 g/mol. The largest absolute Gasteiger partial charge is 0.265 e. The van der Waals surface area contributed by atoms with Gasteiger partial charge in [-0.25, -0.2) is 13.1 Å². The van der Waals surface area contributed by atoms with Gasteiger partial charge in [-0.2, -0.15) is 5.10 Å². The lowest BCUT2D eigenvalue weighted by atomic mass is 10.2. The molecule has 1 aromatic heterocycles. The van der Waals surface area contributed by atoms with E-state index < -0.39 is 9.05 Å². The Bertz CT molecular complexity index is 739. The van der Waals surface area contributed by atoms with Crippen LogP contribution in [0, 0.1) is 0 Å². The van der Waals surface area contributed by atoms with Crippen molar-refractivity contribution in [2.24, 2.45) is 0 Å². The van der Waals surface area contributed by atoms with E-state index in [1.54, 1.807) is 22.9 Å². The highest BCUT2D eigenvalue weighted by atomic mass is 35.7. The van der Waals surface area contributed by atoms with Gasteiger partial charge in [0, 0.05) is 10.7 Å². The molecule has 7 heteroatoms. The predicted molar refractivity (Wildman–Crippen MR) is 80.4 cm³/mol. The van der Waals surface area contributed by atoms with Gasteiger partial charge < -0.3 is 0 Å². The van der Waals surface area contributed by atoms with E-state index in [9.17, 15) is 8.42 Å². The first kappa shape index (κ1) is 15.4. The topological polar surface area (TPSA) is 52.0 Å². The maximum atomic E-state index is 11.8. The molecule has 2 aromatic rings. The molecule has 0 spiro atoms. The van der Waals surface area contributed by atoms with Crippen LogP contribution >= 0.6 is 22.3 Å². The molecular weight excluding hydrogens is 319 g/mol. The number of halogens is 2. The van der Waals surface area contributed by atoms with Crippen LogP contribution in [0.15, 0.2) is 29.2 Å². The van der Waals surface area contributed by atoms with Crippen LogP contribution in [-0.4, -0.2) is 18.2 Å². The van der Waals surface area contributed by atoms with Crippen LogP contribution < -0.4 is 0 Å². The van der Waals surface area contributed by atoms with Crippen LogP contribution in [0.2, 0.25) is 5.02 Å². The molecule has 2 rings (SSSR count). The molecule has 0 saturated heterocycles. The Balaban J connectivity index is 2.80. The SMILES string of the molecule is CCc1nn(-c2ccccc2Cl)c(CC)c1S(=O)(=O)Cl. The molecule has 108 valence electrons. The molecular formula is C13H14Cl2N2O2S. The van der Waals surface area contributed by atoms with Gasteiger partial charge in [0.2, 0.25) is 0 Å². The lowest BCUT2D eigenvalue weighted by Crippen LogP contribution is -2.04. The monoisotopic (exact) mass is 332 g/mol. The summed E-state index contributed by atoms with van der Waals surface area (Å²) in [4.78, 5) is 0.101. The van der Waals surface area contributed by atoms with Gasteiger partial charge in [0.15, 0.2) is 0 Å². The number of nitrogens with zero attached hydrogens (tertiary/aromatic N) is 2. The second kappa shape index (κ2) is 5.76. The maximum Gasteiger partial charge on any atom is 0.265 e. The Morgan fingerprint density at radius 2 is 1.85 bits per heavy atom. The van der Waals surface area contributed by atoms with Crippen molar-refractivity contribution in [3.05, 3.63) is 40.7 Å². The third-order valence-electron chi connectivity index (χ3n) is 2.99. The molecule has 0 saturated carbocycles. The predicted octanol–water partition coefficient (Wildman–Crippen LogP) is 3.58. The van der Waals surface area contributed by atoms with Crippen molar-refractivity contribution in [2.75, 3.05) is 0 Å². The molecule has 1 aromatic carbocycles. The summed E-state index contributed by atoms with van der Waals surface area (Å²) in [6.07, 6.45) is 0.964. The van der Waals surface area contributed by atoms with Crippen molar-refractivity contribution in [3.8, 4) is 5.69 Å². The highest BCUT2D eigenvalue weighted by Gasteiger charge is 2.26. The van der Waals surface area contributed by atoms with Crippen molar-refractivity contribution < 1.29 is 8.42 Å². The third-order valence-corrected chi connectivity index (χ3v) is 4.74. The normalized spacial score (nSPS) is 11.8. The second-order valence-electron chi connectivity index (χ2n) is 4.23. The second-order valence-corrected chi connectivity index (χ2v) is 7.14. The molecule has 0 bridgehead atoms. The Morgan fingerprint density at radius 1 is 1.20 bits per heavy atom. The van der Waals surface area contributed by atoms with E-state index in [1.807, 2.05) is 19.9 Å². The number of hydrogen-bond donors (Lipinski definition) is 0. The lowest BCUT2D eigenvalue weighted by Gasteiger charge is -2.08. The third kappa shape index (κ3) is 2.71. The Kier molecular flexibility index (Phi) is 4.42. The van der Waals surface area contributed by atoms with Crippen molar-refractivity contribution in [1.82, 2.24) is 9.78 Å². The smallest absolute Gasteiger partial charge is 0.235 e. The summed E-state index contributed by atoms with van der Waals surface area (Å²) in [5.41, 5.74) is 1.65. The first-order valence-electron chi connectivity index (χ1n) is 6.20. The minimum absolute atomic E-state index is 0.101. The molecule has 0 unspecified atom stereocenters. The summed E-state index contributed by atoms with van der Waals surface area (Å²) in [5.74, 6) is 0. The fourth-order valence-corrected chi connectivity index (χ4v) is 3.86. The highest BCUT2D eigenvalue weighted by Crippen LogP contribution is 2.29. The molecule has 0 aliphatic rings. The van der Waals surface area contributed by atoms with Gasteiger partial charge in [0.25, 0.3) is 9.05 Å². The molecule has 20 heavy (non-hydrogen) atoms. The molecule has 0 N–H and O–H groups in total. The van der Waals surface area contributed by atoms with Crippen LogP contribution in [0.1, 0.15) is 25.2 Å². The van der Waals surface area contributed by atoms with Crippen LogP contribution in [0.25, 0.3) is 5.69 Å². The van der Waals surface area contributed by atoms with Gasteiger partial charge in [0.1, 0.15) is 4.90 Å². The van der Waals surface area contributed by atoms with Gasteiger partial charge >= 0.3 is 0 Å². The van der Waals surface area contributed by atoms with Gasteiger partial charge in [-0.05, 0) is 25.0 Å². The van der Waals surface area contributed by atoms with E-state index in [-0.39, 0.29) is 4.90 Å². The molecule has 0 atom stereocenters. The van der Waals surface area contributed by atoms with Crippen molar-refractivity contribution in [3.63, 3.8) is 0 Å². The van der Waals surface area contributed by atoms with Crippen LogP contribution in [0.3, 0.4) is 0 Å². The molecule has 0 aliphatic heterocycles. The average Bonchev–Trinajstić information content (AvgIpc) is 2.77. The van der Waals surface area contributed by atoms with Crippen LogP contribution in [0.5, 0.6) is 0 Å². The van der Waals surface area contributed by atoms with Gasteiger partial charge in [-0.3, -0.25) is 0 Å². The molecule has 0 radical (unpaired) electrons. The zero-order valence-electron chi connectivity index (χ0n) is 11.1. The molecule has 4 nitrogen and oxygen atoms in total.